The molecule has 0 aliphatic carbocycles. The third-order valence-corrected chi connectivity index (χ3v) is 3.15. The van der Waals surface area contributed by atoms with Gasteiger partial charge in [0, 0.05) is 0 Å². The molecule has 14 heavy (non-hydrogen) atoms. The van der Waals surface area contributed by atoms with E-state index in [1.807, 2.05) is 6.20 Å². The second-order valence-corrected chi connectivity index (χ2v) is 4.22. The van der Waals surface area contributed by atoms with E-state index in [0.717, 1.165) is 12.2 Å². The molecule has 0 amide bonds. The van der Waals surface area contributed by atoms with E-state index in [1.54, 1.807) is 11.3 Å². The Balaban J connectivity index is 2.25. The lowest BCUT2D eigenvalue weighted by atomic mass is 10.1. The second-order valence-electron chi connectivity index (χ2n) is 2.88. The van der Waals surface area contributed by atoms with Gasteiger partial charge in [-0.05, 0) is 28.9 Å². The Morgan fingerprint density at radius 1 is 1.57 bits per heavy atom. The van der Waals surface area contributed by atoms with Crippen LogP contribution in [0.15, 0.2) is 23.0 Å². The molecular formula is C9H11N3S2. The van der Waals surface area contributed by atoms with Crippen LogP contribution in [-0.2, 0) is 0 Å². The van der Waals surface area contributed by atoms with E-state index >= 15 is 0 Å². The predicted molar refractivity (Wildman–Crippen MR) is 59.7 cm³/mol. The minimum Gasteiger partial charge on any atom is -0.305 e. The number of aromatic nitrogens is 2. The van der Waals surface area contributed by atoms with Crippen molar-refractivity contribution in [1.82, 2.24) is 14.1 Å². The first-order valence-corrected chi connectivity index (χ1v) is 6.12. The van der Waals surface area contributed by atoms with Crippen LogP contribution in [0.2, 0.25) is 0 Å². The van der Waals surface area contributed by atoms with Gasteiger partial charge in [0.2, 0.25) is 0 Å². The minimum atomic E-state index is 0.199. The minimum absolute atomic E-state index is 0.199. The summed E-state index contributed by atoms with van der Waals surface area (Å²) in [7, 11) is 0. The lowest BCUT2D eigenvalue weighted by Gasteiger charge is -2.13. The third kappa shape index (κ3) is 2.00. The molecule has 0 bridgehead atoms. The molecule has 1 unspecified atom stereocenters. The van der Waals surface area contributed by atoms with Gasteiger partial charge in [-0.25, -0.2) is 0 Å². The molecular weight excluding hydrogens is 214 g/mol. The number of hydrogen-bond acceptors (Lipinski definition) is 5. The van der Waals surface area contributed by atoms with Gasteiger partial charge in [0.25, 0.3) is 0 Å². The number of thiophene rings is 1. The summed E-state index contributed by atoms with van der Waals surface area (Å²) in [4.78, 5) is 0. The summed E-state index contributed by atoms with van der Waals surface area (Å²) < 4.78 is 8.29. The third-order valence-electron chi connectivity index (χ3n) is 1.96. The highest BCUT2D eigenvalue weighted by Gasteiger charge is 2.15. The summed E-state index contributed by atoms with van der Waals surface area (Å²) in [5.74, 6) is 0. The Morgan fingerprint density at radius 2 is 2.50 bits per heavy atom. The average Bonchev–Trinajstić information content (AvgIpc) is 2.87. The van der Waals surface area contributed by atoms with Gasteiger partial charge >= 0.3 is 0 Å². The van der Waals surface area contributed by atoms with E-state index in [0.29, 0.717) is 0 Å². The molecule has 0 aromatic carbocycles. The summed E-state index contributed by atoms with van der Waals surface area (Å²) in [5.41, 5.74) is 2.28. The molecule has 2 aromatic heterocycles. The van der Waals surface area contributed by atoms with E-state index in [2.05, 4.69) is 37.8 Å². The zero-order chi connectivity index (χ0) is 9.80. The molecule has 0 fully saturated rings. The van der Waals surface area contributed by atoms with Crippen molar-refractivity contribution in [2.24, 2.45) is 0 Å². The maximum atomic E-state index is 4.26. The number of nitrogens with zero attached hydrogens (tertiary/aromatic N) is 2. The molecule has 0 spiro atoms. The standard InChI is InChI=1S/C9H11N3S2/c1-2-10-9(7-3-4-13-6-7)8-5-11-14-12-8/h3-6,9-10H,2H2,1H3. The SMILES string of the molecule is CCNC(c1ccsc1)c1cnsn1. The van der Waals surface area contributed by atoms with Crippen molar-refractivity contribution in [2.45, 2.75) is 13.0 Å². The summed E-state index contributed by atoms with van der Waals surface area (Å²) >= 11 is 2.96. The van der Waals surface area contributed by atoms with E-state index in [1.165, 1.54) is 17.3 Å². The van der Waals surface area contributed by atoms with Gasteiger partial charge in [0.1, 0.15) is 0 Å². The smallest absolute Gasteiger partial charge is 0.0957 e. The van der Waals surface area contributed by atoms with E-state index in [-0.39, 0.29) is 6.04 Å². The number of rotatable bonds is 4. The Bertz CT molecular complexity index is 321. The molecule has 3 nitrogen and oxygen atoms in total. The van der Waals surface area contributed by atoms with Crippen LogP contribution in [0.5, 0.6) is 0 Å². The first kappa shape index (κ1) is 9.76. The lowest BCUT2D eigenvalue weighted by Crippen LogP contribution is -2.21. The van der Waals surface area contributed by atoms with Crippen LogP contribution < -0.4 is 5.32 Å². The normalized spacial score (nSPS) is 12.9. The van der Waals surface area contributed by atoms with Crippen LogP contribution in [0.1, 0.15) is 24.2 Å². The molecule has 1 N–H and O–H groups in total. The zero-order valence-corrected chi connectivity index (χ0v) is 9.44. The monoisotopic (exact) mass is 225 g/mol. The van der Waals surface area contributed by atoms with Crippen molar-refractivity contribution < 1.29 is 0 Å². The fourth-order valence-corrected chi connectivity index (χ4v) is 2.47. The summed E-state index contributed by atoms with van der Waals surface area (Å²) in [6.07, 6.45) is 1.83. The highest BCUT2D eigenvalue weighted by atomic mass is 32.1. The van der Waals surface area contributed by atoms with Gasteiger partial charge in [-0.1, -0.05) is 6.92 Å². The second kappa shape index (κ2) is 4.63. The summed E-state index contributed by atoms with van der Waals surface area (Å²) in [6, 6.07) is 2.32. The maximum absolute atomic E-state index is 4.26. The summed E-state index contributed by atoms with van der Waals surface area (Å²) in [6.45, 7) is 3.03. The van der Waals surface area contributed by atoms with Crippen molar-refractivity contribution in [3.05, 3.63) is 34.3 Å². The van der Waals surface area contributed by atoms with Crippen molar-refractivity contribution in [2.75, 3.05) is 6.54 Å². The van der Waals surface area contributed by atoms with Gasteiger partial charge in [-0.3, -0.25) is 0 Å². The van der Waals surface area contributed by atoms with Crippen LogP contribution in [0.3, 0.4) is 0 Å². The lowest BCUT2D eigenvalue weighted by molar-refractivity contribution is 0.621. The van der Waals surface area contributed by atoms with Gasteiger partial charge in [-0.15, -0.1) is 0 Å². The van der Waals surface area contributed by atoms with Crippen LogP contribution >= 0.6 is 23.1 Å². The Hall–Kier alpha value is -0.780. The topological polar surface area (TPSA) is 37.8 Å². The first-order chi connectivity index (χ1) is 6.92. The highest BCUT2D eigenvalue weighted by molar-refractivity contribution is 7.08. The molecule has 2 heterocycles. The molecule has 0 saturated carbocycles. The van der Waals surface area contributed by atoms with Crippen LogP contribution in [-0.4, -0.2) is 15.3 Å². The van der Waals surface area contributed by atoms with Crippen LogP contribution in [0.25, 0.3) is 0 Å². The predicted octanol–water partition coefficient (Wildman–Crippen LogP) is 2.30. The van der Waals surface area contributed by atoms with E-state index < -0.39 is 0 Å². The fraction of sp³-hybridized carbons (Fsp3) is 0.333. The van der Waals surface area contributed by atoms with Crippen LogP contribution in [0, 0.1) is 0 Å². The van der Waals surface area contributed by atoms with Gasteiger partial charge in [0.05, 0.1) is 29.7 Å². The van der Waals surface area contributed by atoms with E-state index in [9.17, 15) is 0 Å². The Morgan fingerprint density at radius 3 is 3.07 bits per heavy atom. The largest absolute Gasteiger partial charge is 0.305 e. The molecule has 5 heteroatoms. The fourth-order valence-electron chi connectivity index (χ4n) is 1.34. The van der Waals surface area contributed by atoms with Crippen molar-refractivity contribution in [3.63, 3.8) is 0 Å². The molecule has 2 rings (SSSR count). The van der Waals surface area contributed by atoms with Crippen molar-refractivity contribution >= 4 is 23.1 Å². The summed E-state index contributed by atoms with van der Waals surface area (Å²) in [5, 5.41) is 7.63. The number of hydrogen-bond donors (Lipinski definition) is 1. The Kier molecular flexibility index (Phi) is 3.23. The highest BCUT2D eigenvalue weighted by Crippen LogP contribution is 2.22. The quantitative estimate of drug-likeness (QED) is 0.867. The van der Waals surface area contributed by atoms with Gasteiger partial charge in [-0.2, -0.15) is 20.1 Å². The van der Waals surface area contributed by atoms with Gasteiger partial charge < -0.3 is 5.32 Å². The average molecular weight is 225 g/mol. The molecule has 2 aromatic rings. The molecule has 1 atom stereocenters. The van der Waals surface area contributed by atoms with Crippen molar-refractivity contribution in [1.29, 1.82) is 0 Å². The maximum Gasteiger partial charge on any atom is 0.0957 e. The van der Waals surface area contributed by atoms with E-state index in [4.69, 9.17) is 0 Å². The molecule has 0 saturated heterocycles. The molecule has 0 radical (unpaired) electrons. The number of nitrogens with one attached hydrogen (secondary N) is 1. The molecule has 0 aliphatic heterocycles. The Labute approximate surface area is 91.1 Å². The zero-order valence-electron chi connectivity index (χ0n) is 7.80. The molecule has 0 aliphatic rings. The van der Waals surface area contributed by atoms with Crippen molar-refractivity contribution in [3.8, 4) is 0 Å². The molecule has 74 valence electrons. The van der Waals surface area contributed by atoms with Crippen LogP contribution in [0.4, 0.5) is 0 Å². The first-order valence-electron chi connectivity index (χ1n) is 4.44. The van der Waals surface area contributed by atoms with Gasteiger partial charge in [0.15, 0.2) is 0 Å².